The maximum Gasteiger partial charge on any atom is 0.208 e. The van der Waals surface area contributed by atoms with Gasteiger partial charge in [-0.1, -0.05) is 11.3 Å². The molecule has 1 N–H and O–H groups in total. The van der Waals surface area contributed by atoms with Gasteiger partial charge in [0, 0.05) is 31.4 Å². The number of morpholine rings is 1. The first-order valence-corrected chi connectivity index (χ1v) is 11.7. The van der Waals surface area contributed by atoms with Gasteiger partial charge in [0.15, 0.2) is 5.01 Å². The van der Waals surface area contributed by atoms with Gasteiger partial charge in [0.1, 0.15) is 12.1 Å². The van der Waals surface area contributed by atoms with Crippen molar-refractivity contribution in [2.75, 3.05) is 23.3 Å². The van der Waals surface area contributed by atoms with E-state index in [-0.39, 0.29) is 12.2 Å². The highest BCUT2D eigenvalue weighted by Crippen LogP contribution is 2.38. The Hall–Kier alpha value is -4.06. The number of nitrogens with one attached hydrogen (secondary N) is 1. The summed E-state index contributed by atoms with van der Waals surface area (Å²) in [5.41, 5.74) is 4.30. The lowest BCUT2D eigenvalue weighted by Gasteiger charge is -2.46. The molecule has 0 radical (unpaired) electrons. The molecule has 11 heteroatoms. The zero-order valence-corrected chi connectivity index (χ0v) is 19.0. The van der Waals surface area contributed by atoms with Gasteiger partial charge in [-0.15, -0.1) is 10.2 Å². The number of hydrogen-bond acceptors (Lipinski definition) is 10. The van der Waals surface area contributed by atoms with E-state index in [4.69, 9.17) is 10.00 Å². The van der Waals surface area contributed by atoms with E-state index in [9.17, 15) is 5.26 Å². The van der Waals surface area contributed by atoms with Crippen LogP contribution >= 0.6 is 11.3 Å². The van der Waals surface area contributed by atoms with Crippen LogP contribution < -0.4 is 10.2 Å². The third kappa shape index (κ3) is 3.52. The molecular formula is C23H19N9OS. The molecule has 3 atom stereocenters. The van der Waals surface area contributed by atoms with E-state index in [0.29, 0.717) is 11.3 Å². The minimum Gasteiger partial charge on any atom is -0.371 e. The monoisotopic (exact) mass is 469 g/mol. The molecule has 34 heavy (non-hydrogen) atoms. The van der Waals surface area contributed by atoms with Gasteiger partial charge in [-0.05, 0) is 31.2 Å². The first kappa shape index (κ1) is 20.5. The highest BCUT2D eigenvalue weighted by molar-refractivity contribution is 7.18. The van der Waals surface area contributed by atoms with Gasteiger partial charge in [-0.3, -0.25) is 4.98 Å². The molecule has 4 aromatic rings. The summed E-state index contributed by atoms with van der Waals surface area (Å²) in [6, 6.07) is 11.4. The van der Waals surface area contributed by atoms with Crippen molar-refractivity contribution in [3.05, 3.63) is 42.2 Å². The van der Waals surface area contributed by atoms with Crippen molar-refractivity contribution in [3.63, 3.8) is 0 Å². The number of ether oxygens (including phenoxy) is 1. The number of rotatable bonds is 5. The minimum atomic E-state index is -0.409. The first-order valence-electron chi connectivity index (χ1n) is 10.9. The highest BCUT2D eigenvalue weighted by Gasteiger charge is 2.39. The minimum absolute atomic E-state index is 0.287. The Morgan fingerprint density at radius 2 is 2.00 bits per heavy atom. The molecule has 0 saturated carbocycles. The number of fused-ring (bicyclic) bond motifs is 3. The SMILES string of the molecule is C[C@@H](C#N)Nc1cc(-c2ccc3cc(C#N)cnn23)ncc1-c1nnc(N2CC3CC(C2)O3)s1. The van der Waals surface area contributed by atoms with Gasteiger partial charge in [0.2, 0.25) is 5.13 Å². The van der Waals surface area contributed by atoms with Crippen molar-refractivity contribution in [1.82, 2.24) is 24.8 Å². The molecule has 2 unspecified atom stereocenters. The van der Waals surface area contributed by atoms with Gasteiger partial charge in [-0.2, -0.15) is 15.6 Å². The quantitative estimate of drug-likeness (QED) is 0.469. The Balaban J connectivity index is 1.37. The molecular weight excluding hydrogens is 450 g/mol. The van der Waals surface area contributed by atoms with E-state index in [1.54, 1.807) is 23.7 Å². The molecule has 168 valence electrons. The van der Waals surface area contributed by atoms with Crippen LogP contribution in [0.1, 0.15) is 18.9 Å². The average Bonchev–Trinajstić information content (AvgIpc) is 3.51. The average molecular weight is 470 g/mol. The lowest BCUT2D eigenvalue weighted by Crippen LogP contribution is -2.57. The Bertz CT molecular complexity index is 1460. The van der Waals surface area contributed by atoms with E-state index < -0.39 is 6.04 Å². The second-order valence-electron chi connectivity index (χ2n) is 8.43. The molecule has 3 aliphatic rings. The predicted molar refractivity (Wildman–Crippen MR) is 126 cm³/mol. The molecule has 10 nitrogen and oxygen atoms in total. The summed E-state index contributed by atoms with van der Waals surface area (Å²) >= 11 is 1.51. The van der Waals surface area contributed by atoms with Crippen molar-refractivity contribution in [1.29, 1.82) is 10.5 Å². The molecule has 0 amide bonds. The Morgan fingerprint density at radius 3 is 2.76 bits per heavy atom. The van der Waals surface area contributed by atoms with Crippen LogP contribution in [0.5, 0.6) is 0 Å². The van der Waals surface area contributed by atoms with Gasteiger partial charge >= 0.3 is 0 Å². The van der Waals surface area contributed by atoms with E-state index in [2.05, 4.69) is 42.6 Å². The van der Waals surface area contributed by atoms with Crippen LogP contribution in [0.25, 0.3) is 27.5 Å². The van der Waals surface area contributed by atoms with Crippen molar-refractivity contribution in [2.45, 2.75) is 31.6 Å². The molecule has 0 spiro atoms. The third-order valence-electron chi connectivity index (χ3n) is 6.04. The van der Waals surface area contributed by atoms with E-state index in [0.717, 1.165) is 52.1 Å². The summed E-state index contributed by atoms with van der Waals surface area (Å²) in [6.07, 6.45) is 4.98. The van der Waals surface area contributed by atoms with Crippen molar-refractivity contribution >= 4 is 27.7 Å². The van der Waals surface area contributed by atoms with Crippen molar-refractivity contribution < 1.29 is 4.74 Å². The van der Waals surface area contributed by atoms with Gasteiger partial charge < -0.3 is 15.0 Å². The zero-order valence-electron chi connectivity index (χ0n) is 18.2. The number of piperidine rings is 1. The second kappa shape index (κ2) is 8.06. The van der Waals surface area contributed by atoms with Crippen LogP contribution in [0.4, 0.5) is 10.8 Å². The first-order chi connectivity index (χ1) is 16.6. The summed E-state index contributed by atoms with van der Waals surface area (Å²) in [6.45, 7) is 3.47. The molecule has 3 aliphatic heterocycles. The Morgan fingerprint density at radius 1 is 1.18 bits per heavy atom. The predicted octanol–water partition coefficient (Wildman–Crippen LogP) is 3.09. The summed E-state index contributed by atoms with van der Waals surface area (Å²) in [4.78, 5) is 6.91. The molecule has 3 saturated heterocycles. The maximum absolute atomic E-state index is 9.39. The van der Waals surface area contributed by atoms with Crippen molar-refractivity contribution in [2.24, 2.45) is 0 Å². The van der Waals surface area contributed by atoms with E-state index in [1.807, 2.05) is 18.2 Å². The van der Waals surface area contributed by atoms with E-state index >= 15 is 0 Å². The summed E-state index contributed by atoms with van der Waals surface area (Å²) in [7, 11) is 0. The number of nitriles is 2. The molecule has 0 aromatic carbocycles. The fourth-order valence-electron chi connectivity index (χ4n) is 4.37. The zero-order chi connectivity index (χ0) is 23.2. The normalized spacial score (nSPS) is 19.8. The Labute approximate surface area is 199 Å². The third-order valence-corrected chi connectivity index (χ3v) is 7.05. The van der Waals surface area contributed by atoms with E-state index in [1.165, 1.54) is 17.5 Å². The Kier molecular flexibility index (Phi) is 4.87. The van der Waals surface area contributed by atoms with Gasteiger partial charge in [0.05, 0.1) is 52.5 Å². The largest absolute Gasteiger partial charge is 0.371 e. The molecule has 3 fully saturated rings. The van der Waals surface area contributed by atoms with Crippen LogP contribution in [0.3, 0.4) is 0 Å². The van der Waals surface area contributed by atoms with Crippen LogP contribution in [0.2, 0.25) is 0 Å². The molecule has 7 rings (SSSR count). The molecule has 0 aliphatic carbocycles. The fourth-order valence-corrected chi connectivity index (χ4v) is 5.26. The van der Waals surface area contributed by atoms with Crippen LogP contribution in [-0.2, 0) is 4.74 Å². The summed E-state index contributed by atoms with van der Waals surface area (Å²) in [5.74, 6) is 0. The van der Waals surface area contributed by atoms with Crippen LogP contribution in [0, 0.1) is 22.7 Å². The molecule has 7 heterocycles. The summed E-state index contributed by atoms with van der Waals surface area (Å²) in [5, 5.41) is 36.6. The fraction of sp³-hybridized carbons (Fsp3) is 0.304. The molecule has 4 aromatic heterocycles. The van der Waals surface area contributed by atoms with Crippen molar-refractivity contribution in [3.8, 4) is 34.1 Å². The number of nitrogens with zero attached hydrogens (tertiary/aromatic N) is 8. The second-order valence-corrected chi connectivity index (χ2v) is 9.39. The molecule has 2 bridgehead atoms. The standard InChI is InChI=1S/C23H19N9OS/c1-13(7-24)28-19-6-20(21-3-2-15-4-14(8-25)9-27-32(15)21)26-10-18(19)22-29-30-23(34-22)31-11-16-5-17(12-31)33-16/h2-4,6,9-10,13,16-17H,5,11-12H2,1H3,(H,26,28)/t13-,16?,17?/m0/s1. The topological polar surface area (TPSA) is 128 Å². The maximum atomic E-state index is 9.39. The number of pyridine rings is 1. The van der Waals surface area contributed by atoms with Crippen LogP contribution in [0.15, 0.2) is 36.7 Å². The van der Waals surface area contributed by atoms with Gasteiger partial charge in [-0.25, -0.2) is 4.52 Å². The summed E-state index contributed by atoms with van der Waals surface area (Å²) < 4.78 is 7.47. The number of hydrogen-bond donors (Lipinski definition) is 1. The van der Waals surface area contributed by atoms with Crippen LogP contribution in [-0.4, -0.2) is 56.1 Å². The smallest absolute Gasteiger partial charge is 0.208 e. The van der Waals surface area contributed by atoms with Gasteiger partial charge in [0.25, 0.3) is 0 Å². The number of aromatic nitrogens is 5. The lowest BCUT2D eigenvalue weighted by molar-refractivity contribution is -0.133. The highest BCUT2D eigenvalue weighted by atomic mass is 32.1. The number of anilines is 2. The lowest BCUT2D eigenvalue weighted by atomic mass is 9.99.